The van der Waals surface area contributed by atoms with Gasteiger partial charge < -0.3 is 4.74 Å². The topological polar surface area (TPSA) is 26.3 Å². The molecule has 1 atom stereocenters. The molecule has 0 spiro atoms. The molecule has 1 unspecified atom stereocenters. The van der Waals surface area contributed by atoms with Gasteiger partial charge in [-0.25, -0.2) is 0 Å². The predicted octanol–water partition coefficient (Wildman–Crippen LogP) is 5.01. The van der Waals surface area contributed by atoms with E-state index in [1.54, 1.807) is 11.8 Å². The van der Waals surface area contributed by atoms with Crippen LogP contribution < -0.4 is 0 Å². The molecule has 0 aromatic rings. The van der Waals surface area contributed by atoms with E-state index in [-0.39, 0.29) is 17.9 Å². The third kappa shape index (κ3) is 11.6. The van der Waals surface area contributed by atoms with Crippen LogP contribution in [0.4, 0.5) is 4.39 Å². The molecule has 0 aromatic heterocycles. The predicted molar refractivity (Wildman–Crippen MR) is 86.0 cm³/mol. The second kappa shape index (κ2) is 13.7. The molecule has 0 radical (unpaired) electrons. The van der Waals surface area contributed by atoms with E-state index < -0.39 is 0 Å². The Bertz CT molecular complexity index is 235. The summed E-state index contributed by atoms with van der Waals surface area (Å²) in [5, 5.41) is -0.0342. The van der Waals surface area contributed by atoms with Crippen molar-refractivity contribution in [2.45, 2.75) is 71.0 Å². The highest BCUT2D eigenvalue weighted by Gasteiger charge is 2.21. The summed E-state index contributed by atoms with van der Waals surface area (Å²) in [5.74, 6) is 1.41. The molecule has 120 valence electrons. The zero-order chi connectivity index (χ0) is 15.2. The fraction of sp³-hybridized carbons (Fsp3) is 0.938. The monoisotopic (exact) mass is 306 g/mol. The molecule has 0 amide bonds. The number of hydrogen-bond donors (Lipinski definition) is 0. The first-order chi connectivity index (χ1) is 9.61. The van der Waals surface area contributed by atoms with Gasteiger partial charge in [-0.2, -0.15) is 0 Å². The third-order valence-electron chi connectivity index (χ3n) is 3.04. The minimum Gasteiger partial charge on any atom is -0.465 e. The number of ether oxygens (including phenoxy) is 1. The minimum absolute atomic E-state index is 0.0342. The van der Waals surface area contributed by atoms with Crippen molar-refractivity contribution < 1.29 is 13.9 Å². The van der Waals surface area contributed by atoms with Crippen molar-refractivity contribution in [1.82, 2.24) is 0 Å². The van der Waals surface area contributed by atoms with Gasteiger partial charge in [0.05, 0.1) is 13.3 Å². The van der Waals surface area contributed by atoms with Crippen molar-refractivity contribution in [3.8, 4) is 0 Å². The summed E-state index contributed by atoms with van der Waals surface area (Å²) in [4.78, 5) is 12.0. The van der Waals surface area contributed by atoms with Crippen LogP contribution in [0.15, 0.2) is 0 Å². The molecule has 4 heteroatoms. The number of halogens is 1. The molecule has 0 bridgehead atoms. The molecule has 0 rings (SSSR count). The standard InChI is InChI=1S/C16H31FO2S/c1-4-5-11-19-16(18)15(13-14(2)3)20-12-9-7-6-8-10-17/h14-15H,4-13H2,1-3H3. The second-order valence-electron chi connectivity index (χ2n) is 5.61. The Morgan fingerprint density at radius 1 is 1.15 bits per heavy atom. The van der Waals surface area contributed by atoms with Gasteiger partial charge in [0, 0.05) is 0 Å². The number of hydrogen-bond acceptors (Lipinski definition) is 3. The molecule has 20 heavy (non-hydrogen) atoms. The van der Waals surface area contributed by atoms with Crippen molar-refractivity contribution in [1.29, 1.82) is 0 Å². The van der Waals surface area contributed by atoms with E-state index in [0.717, 1.165) is 44.3 Å². The number of thioether (sulfide) groups is 1. The smallest absolute Gasteiger partial charge is 0.319 e. The zero-order valence-corrected chi connectivity index (χ0v) is 14.1. The van der Waals surface area contributed by atoms with Crippen molar-refractivity contribution in [3.63, 3.8) is 0 Å². The van der Waals surface area contributed by atoms with Gasteiger partial charge in [0.1, 0.15) is 5.25 Å². The van der Waals surface area contributed by atoms with Gasteiger partial charge in [-0.1, -0.05) is 40.0 Å². The summed E-state index contributed by atoms with van der Waals surface area (Å²) in [5.41, 5.74) is 0. The highest BCUT2D eigenvalue weighted by molar-refractivity contribution is 8.00. The molecular formula is C16H31FO2S. The van der Waals surface area contributed by atoms with E-state index in [4.69, 9.17) is 4.74 Å². The lowest BCUT2D eigenvalue weighted by molar-refractivity contribution is -0.143. The molecule has 2 nitrogen and oxygen atoms in total. The Labute approximate surface area is 128 Å². The van der Waals surface area contributed by atoms with Gasteiger partial charge in [0.2, 0.25) is 0 Å². The van der Waals surface area contributed by atoms with Gasteiger partial charge >= 0.3 is 5.97 Å². The fourth-order valence-electron chi connectivity index (χ4n) is 1.85. The number of alkyl halides is 1. The van der Waals surface area contributed by atoms with Crippen LogP contribution in [-0.2, 0) is 9.53 Å². The van der Waals surface area contributed by atoms with Crippen molar-refractivity contribution in [2.75, 3.05) is 19.0 Å². The van der Waals surface area contributed by atoms with Crippen molar-refractivity contribution in [2.24, 2.45) is 5.92 Å². The maximum absolute atomic E-state index is 12.0. The molecular weight excluding hydrogens is 275 g/mol. The molecule has 0 heterocycles. The number of carbonyl (C=O) groups is 1. The van der Waals surface area contributed by atoms with Crippen LogP contribution in [-0.4, -0.2) is 30.3 Å². The molecule has 0 saturated carbocycles. The Morgan fingerprint density at radius 3 is 2.45 bits per heavy atom. The van der Waals surface area contributed by atoms with Crippen LogP contribution in [0.1, 0.15) is 65.7 Å². The summed E-state index contributed by atoms with van der Waals surface area (Å²) >= 11 is 1.71. The average Bonchev–Trinajstić information content (AvgIpc) is 2.41. The lowest BCUT2D eigenvalue weighted by atomic mass is 10.1. The average molecular weight is 306 g/mol. The van der Waals surface area contributed by atoms with Gasteiger partial charge in [0.15, 0.2) is 0 Å². The quantitative estimate of drug-likeness (QED) is 0.353. The van der Waals surface area contributed by atoms with Crippen LogP contribution in [0.25, 0.3) is 0 Å². The maximum atomic E-state index is 12.0. The number of rotatable bonds is 13. The summed E-state index contributed by atoms with van der Waals surface area (Å²) < 4.78 is 17.3. The fourth-order valence-corrected chi connectivity index (χ4v) is 3.23. The normalized spacial score (nSPS) is 12.7. The molecule has 0 N–H and O–H groups in total. The highest BCUT2D eigenvalue weighted by Crippen LogP contribution is 2.22. The van der Waals surface area contributed by atoms with Crippen LogP contribution in [0.3, 0.4) is 0 Å². The molecule has 0 aromatic carbocycles. The van der Waals surface area contributed by atoms with E-state index >= 15 is 0 Å². The SMILES string of the molecule is CCCCOC(=O)C(CC(C)C)SCCCCCCF. The minimum atomic E-state index is -0.215. The summed E-state index contributed by atoms with van der Waals surface area (Å²) in [6.45, 7) is 6.68. The van der Waals surface area contributed by atoms with E-state index in [2.05, 4.69) is 20.8 Å². The van der Waals surface area contributed by atoms with Crippen molar-refractivity contribution in [3.05, 3.63) is 0 Å². The summed E-state index contributed by atoms with van der Waals surface area (Å²) in [6.07, 6.45) is 6.59. The first-order valence-electron chi connectivity index (χ1n) is 7.96. The Morgan fingerprint density at radius 2 is 1.85 bits per heavy atom. The van der Waals surface area contributed by atoms with Crippen LogP contribution in [0.2, 0.25) is 0 Å². The van der Waals surface area contributed by atoms with Crippen molar-refractivity contribution >= 4 is 17.7 Å². The number of unbranched alkanes of at least 4 members (excludes halogenated alkanes) is 4. The van der Waals surface area contributed by atoms with Crippen LogP contribution in [0, 0.1) is 5.92 Å². The first kappa shape index (κ1) is 19.8. The Hall–Kier alpha value is -0.250. The summed E-state index contributed by atoms with van der Waals surface area (Å²) in [7, 11) is 0. The highest BCUT2D eigenvalue weighted by atomic mass is 32.2. The van der Waals surface area contributed by atoms with Crippen LogP contribution in [0.5, 0.6) is 0 Å². The van der Waals surface area contributed by atoms with E-state index in [1.807, 2.05) is 0 Å². The lowest BCUT2D eigenvalue weighted by Crippen LogP contribution is -2.23. The van der Waals surface area contributed by atoms with E-state index in [9.17, 15) is 9.18 Å². The third-order valence-corrected chi connectivity index (χ3v) is 4.35. The maximum Gasteiger partial charge on any atom is 0.319 e. The summed E-state index contributed by atoms with van der Waals surface area (Å²) in [6, 6.07) is 0. The lowest BCUT2D eigenvalue weighted by Gasteiger charge is -2.17. The molecule has 0 aliphatic heterocycles. The number of carbonyl (C=O) groups excluding carboxylic acids is 1. The van der Waals surface area contributed by atoms with Gasteiger partial charge in [0.25, 0.3) is 0 Å². The molecule has 0 aliphatic rings. The largest absolute Gasteiger partial charge is 0.465 e. The van der Waals surface area contributed by atoms with Crippen LogP contribution >= 0.6 is 11.8 Å². The number of esters is 1. The van der Waals surface area contributed by atoms with E-state index in [1.165, 1.54) is 0 Å². The second-order valence-corrected chi connectivity index (χ2v) is 6.92. The Kier molecular flexibility index (Phi) is 13.5. The molecule has 0 saturated heterocycles. The van der Waals surface area contributed by atoms with Gasteiger partial charge in [-0.05, 0) is 37.4 Å². The van der Waals surface area contributed by atoms with Gasteiger partial charge in [-0.15, -0.1) is 11.8 Å². The Balaban J connectivity index is 3.91. The van der Waals surface area contributed by atoms with E-state index in [0.29, 0.717) is 18.9 Å². The first-order valence-corrected chi connectivity index (χ1v) is 9.00. The zero-order valence-electron chi connectivity index (χ0n) is 13.3. The van der Waals surface area contributed by atoms with Gasteiger partial charge in [-0.3, -0.25) is 9.18 Å². The molecule has 0 fully saturated rings. The molecule has 0 aliphatic carbocycles.